The van der Waals surface area contributed by atoms with Crippen molar-refractivity contribution in [1.29, 1.82) is 0 Å². The molecule has 1 atom stereocenters. The second-order valence-corrected chi connectivity index (χ2v) is 6.15. The number of nitrogens with one attached hydrogen (secondary N) is 1. The molecule has 0 radical (unpaired) electrons. The Morgan fingerprint density at radius 1 is 1.12 bits per heavy atom. The van der Waals surface area contributed by atoms with Crippen LogP contribution in [0, 0.1) is 5.82 Å². The van der Waals surface area contributed by atoms with Crippen LogP contribution >= 0.6 is 0 Å². The van der Waals surface area contributed by atoms with Gasteiger partial charge in [-0.3, -0.25) is 10.1 Å². The number of amides is 1. The van der Waals surface area contributed by atoms with Gasteiger partial charge in [-0.15, -0.1) is 0 Å². The maximum atomic E-state index is 13.4. The van der Waals surface area contributed by atoms with Crippen molar-refractivity contribution in [1.82, 2.24) is 5.32 Å². The Morgan fingerprint density at radius 2 is 1.83 bits per heavy atom. The number of halogens is 1. The molecule has 2 aromatic carbocycles. The number of rotatable bonds is 5. The van der Waals surface area contributed by atoms with Crippen LogP contribution in [0.1, 0.15) is 24.4 Å². The Hall–Kier alpha value is -2.40. The lowest BCUT2D eigenvalue weighted by Crippen LogP contribution is -2.46. The fourth-order valence-corrected chi connectivity index (χ4v) is 3.20. The molecule has 1 heterocycles. The first-order valence-electron chi connectivity index (χ1n) is 8.24. The zero-order valence-electron chi connectivity index (χ0n) is 13.5. The van der Waals surface area contributed by atoms with E-state index >= 15 is 0 Å². The SMILES string of the molecule is NC(=O)[C@@H](NC1CCN(c2cccc(F)c2)CC1)c1ccccc1. The third-order valence-corrected chi connectivity index (χ3v) is 4.49. The Balaban J connectivity index is 1.61. The van der Waals surface area contributed by atoms with Gasteiger partial charge in [-0.05, 0) is 36.6 Å². The smallest absolute Gasteiger partial charge is 0.239 e. The second kappa shape index (κ2) is 7.45. The molecule has 3 N–H and O–H groups in total. The first kappa shape index (κ1) is 16.5. The van der Waals surface area contributed by atoms with Gasteiger partial charge in [0, 0.05) is 24.8 Å². The van der Waals surface area contributed by atoms with Crippen molar-refractivity contribution in [2.45, 2.75) is 24.9 Å². The fraction of sp³-hybridized carbons (Fsp3) is 0.316. The number of benzene rings is 2. The lowest BCUT2D eigenvalue weighted by Gasteiger charge is -2.35. The highest BCUT2D eigenvalue weighted by atomic mass is 19.1. The minimum absolute atomic E-state index is 0.215. The predicted octanol–water partition coefficient (Wildman–Crippen LogP) is 2.61. The quantitative estimate of drug-likeness (QED) is 0.887. The zero-order valence-corrected chi connectivity index (χ0v) is 13.5. The summed E-state index contributed by atoms with van der Waals surface area (Å²) in [5.74, 6) is -0.584. The Morgan fingerprint density at radius 3 is 2.46 bits per heavy atom. The van der Waals surface area contributed by atoms with E-state index < -0.39 is 6.04 Å². The van der Waals surface area contributed by atoms with Crippen molar-refractivity contribution in [3.8, 4) is 0 Å². The maximum Gasteiger partial charge on any atom is 0.239 e. The first-order valence-corrected chi connectivity index (χ1v) is 8.24. The molecule has 5 heteroatoms. The molecule has 1 aliphatic heterocycles. The van der Waals surface area contributed by atoms with Gasteiger partial charge >= 0.3 is 0 Å². The number of hydrogen-bond donors (Lipinski definition) is 2. The van der Waals surface area contributed by atoms with Crippen molar-refractivity contribution < 1.29 is 9.18 Å². The molecule has 1 fully saturated rings. The molecule has 1 aliphatic rings. The van der Waals surface area contributed by atoms with E-state index in [0.29, 0.717) is 0 Å². The van der Waals surface area contributed by atoms with E-state index in [1.807, 2.05) is 36.4 Å². The number of anilines is 1. The number of primary amides is 1. The second-order valence-electron chi connectivity index (χ2n) is 6.15. The number of carbonyl (C=O) groups is 1. The van der Waals surface area contributed by atoms with Crippen molar-refractivity contribution >= 4 is 11.6 Å². The Kier molecular flexibility index (Phi) is 5.11. The number of piperidine rings is 1. The molecule has 1 amide bonds. The van der Waals surface area contributed by atoms with Gasteiger partial charge in [0.2, 0.25) is 5.91 Å². The van der Waals surface area contributed by atoms with E-state index in [9.17, 15) is 9.18 Å². The molecule has 1 saturated heterocycles. The van der Waals surface area contributed by atoms with Crippen molar-refractivity contribution in [3.05, 3.63) is 66.0 Å². The molecule has 0 spiro atoms. The molecular formula is C19H22FN3O. The maximum absolute atomic E-state index is 13.4. The summed E-state index contributed by atoms with van der Waals surface area (Å²) in [7, 11) is 0. The molecule has 2 aromatic rings. The van der Waals surface area contributed by atoms with Gasteiger partial charge in [0.05, 0.1) is 0 Å². The van der Waals surface area contributed by atoms with Crippen LogP contribution in [0.4, 0.5) is 10.1 Å². The molecule has 24 heavy (non-hydrogen) atoms. The summed E-state index contributed by atoms with van der Waals surface area (Å²) in [6.45, 7) is 1.64. The Bertz CT molecular complexity index is 684. The monoisotopic (exact) mass is 327 g/mol. The summed E-state index contributed by atoms with van der Waals surface area (Å²) in [6.07, 6.45) is 1.76. The molecule has 0 aromatic heterocycles. The van der Waals surface area contributed by atoms with E-state index in [1.165, 1.54) is 6.07 Å². The Labute approximate surface area is 141 Å². The van der Waals surface area contributed by atoms with Crippen LogP contribution < -0.4 is 16.0 Å². The van der Waals surface area contributed by atoms with E-state index in [4.69, 9.17) is 5.73 Å². The number of nitrogens with zero attached hydrogens (tertiary/aromatic N) is 1. The highest BCUT2D eigenvalue weighted by molar-refractivity contribution is 5.81. The van der Waals surface area contributed by atoms with Gasteiger partial charge in [-0.25, -0.2) is 4.39 Å². The van der Waals surface area contributed by atoms with Gasteiger partial charge in [0.15, 0.2) is 0 Å². The van der Waals surface area contributed by atoms with Crippen LogP contribution in [0.5, 0.6) is 0 Å². The summed E-state index contributed by atoms with van der Waals surface area (Å²) in [5, 5.41) is 3.38. The highest BCUT2D eigenvalue weighted by Crippen LogP contribution is 2.22. The molecule has 0 aliphatic carbocycles. The highest BCUT2D eigenvalue weighted by Gasteiger charge is 2.25. The minimum atomic E-state index is -0.475. The van der Waals surface area contributed by atoms with E-state index in [-0.39, 0.29) is 17.8 Å². The van der Waals surface area contributed by atoms with Gasteiger partial charge in [0.25, 0.3) is 0 Å². The van der Waals surface area contributed by atoms with Crippen LogP contribution in [0.3, 0.4) is 0 Å². The van der Waals surface area contributed by atoms with E-state index in [0.717, 1.165) is 37.2 Å². The lowest BCUT2D eigenvalue weighted by atomic mass is 10.00. The zero-order chi connectivity index (χ0) is 16.9. The topological polar surface area (TPSA) is 58.4 Å². The number of carbonyl (C=O) groups excluding carboxylic acids is 1. The van der Waals surface area contributed by atoms with Crippen molar-refractivity contribution in [3.63, 3.8) is 0 Å². The van der Waals surface area contributed by atoms with E-state index in [2.05, 4.69) is 10.2 Å². The summed E-state index contributed by atoms with van der Waals surface area (Å²) in [5.41, 5.74) is 7.36. The average molecular weight is 327 g/mol. The molecule has 126 valence electrons. The molecule has 0 bridgehead atoms. The number of nitrogens with two attached hydrogens (primary N) is 1. The first-order chi connectivity index (χ1) is 11.6. The average Bonchev–Trinajstić information content (AvgIpc) is 2.61. The van der Waals surface area contributed by atoms with Crippen LogP contribution in [0.15, 0.2) is 54.6 Å². The van der Waals surface area contributed by atoms with E-state index in [1.54, 1.807) is 12.1 Å². The molecule has 0 saturated carbocycles. The molecule has 4 nitrogen and oxygen atoms in total. The third-order valence-electron chi connectivity index (χ3n) is 4.49. The van der Waals surface area contributed by atoms with Crippen molar-refractivity contribution in [2.75, 3.05) is 18.0 Å². The summed E-state index contributed by atoms with van der Waals surface area (Å²) in [4.78, 5) is 14.0. The summed E-state index contributed by atoms with van der Waals surface area (Å²) < 4.78 is 13.4. The summed E-state index contributed by atoms with van der Waals surface area (Å²) in [6, 6.07) is 15.9. The normalized spacial score (nSPS) is 16.8. The van der Waals surface area contributed by atoms with Gasteiger partial charge in [0.1, 0.15) is 11.9 Å². The van der Waals surface area contributed by atoms with Gasteiger partial charge in [-0.2, -0.15) is 0 Å². The standard InChI is InChI=1S/C19H22FN3O/c20-15-7-4-8-17(13-15)23-11-9-16(10-12-23)22-18(19(21)24)14-5-2-1-3-6-14/h1-8,13,16,18,22H,9-12H2,(H2,21,24)/t18-/m0/s1. The van der Waals surface area contributed by atoms with Crippen LogP contribution in [-0.4, -0.2) is 25.0 Å². The summed E-state index contributed by atoms with van der Waals surface area (Å²) >= 11 is 0. The van der Waals surface area contributed by atoms with Crippen LogP contribution in [-0.2, 0) is 4.79 Å². The fourth-order valence-electron chi connectivity index (χ4n) is 3.20. The number of hydrogen-bond acceptors (Lipinski definition) is 3. The molecular weight excluding hydrogens is 305 g/mol. The van der Waals surface area contributed by atoms with Gasteiger partial charge < -0.3 is 10.6 Å². The third kappa shape index (κ3) is 3.92. The largest absolute Gasteiger partial charge is 0.371 e. The predicted molar refractivity (Wildman–Crippen MR) is 93.1 cm³/mol. The molecule has 3 rings (SSSR count). The van der Waals surface area contributed by atoms with Gasteiger partial charge in [-0.1, -0.05) is 36.4 Å². The lowest BCUT2D eigenvalue weighted by molar-refractivity contribution is -0.120. The minimum Gasteiger partial charge on any atom is -0.371 e. The van der Waals surface area contributed by atoms with Crippen LogP contribution in [0.25, 0.3) is 0 Å². The van der Waals surface area contributed by atoms with Crippen molar-refractivity contribution in [2.24, 2.45) is 5.73 Å². The van der Waals surface area contributed by atoms with Crippen LogP contribution in [0.2, 0.25) is 0 Å². The molecule has 0 unspecified atom stereocenters.